The molecule has 0 bridgehead atoms. The second-order valence-corrected chi connectivity index (χ2v) is 4.66. The Morgan fingerprint density at radius 2 is 2.19 bits per heavy atom. The Morgan fingerprint density at radius 3 is 2.75 bits per heavy atom. The Bertz CT molecular complexity index is 447. The zero-order valence-electron chi connectivity index (χ0n) is 9.33. The highest BCUT2D eigenvalue weighted by Gasteiger charge is 2.44. The number of aryl methyl sites for hydroxylation is 1. The highest BCUT2D eigenvalue weighted by atomic mass is 35.5. The maximum Gasteiger partial charge on any atom is 0.225 e. The van der Waals surface area contributed by atoms with Crippen LogP contribution in [0.25, 0.3) is 0 Å². The maximum atomic E-state index is 11.5. The van der Waals surface area contributed by atoms with Crippen LogP contribution in [0.2, 0.25) is 5.02 Å². The van der Waals surface area contributed by atoms with Gasteiger partial charge in [-0.25, -0.2) is 0 Å². The van der Waals surface area contributed by atoms with E-state index in [4.69, 9.17) is 11.6 Å². The molecule has 0 spiro atoms. The summed E-state index contributed by atoms with van der Waals surface area (Å²) in [5.41, 5.74) is 0.378. The van der Waals surface area contributed by atoms with Crippen LogP contribution in [0.4, 0.5) is 0 Å². The zero-order chi connectivity index (χ0) is 11.9. The number of hydrogen-bond acceptors (Lipinski definition) is 2. The maximum absolute atomic E-state index is 11.5. The predicted octanol–water partition coefficient (Wildman–Crippen LogP) is 2.05. The molecule has 0 radical (unpaired) electrons. The van der Waals surface area contributed by atoms with Crippen molar-refractivity contribution in [2.75, 3.05) is 7.05 Å². The van der Waals surface area contributed by atoms with E-state index in [0.29, 0.717) is 23.4 Å². The summed E-state index contributed by atoms with van der Waals surface area (Å²) in [6.45, 7) is 1.93. The fourth-order valence-corrected chi connectivity index (χ4v) is 2.35. The zero-order valence-corrected chi connectivity index (χ0v) is 10.1. The average molecular weight is 240 g/mol. The fraction of sp³-hybridized carbons (Fsp3) is 0.417. The van der Waals surface area contributed by atoms with Gasteiger partial charge in [0.15, 0.2) is 5.72 Å². The minimum absolute atomic E-state index is 0.0555. The predicted molar refractivity (Wildman–Crippen MR) is 62.1 cm³/mol. The topological polar surface area (TPSA) is 40.5 Å². The van der Waals surface area contributed by atoms with Crippen LogP contribution in [0.1, 0.15) is 24.0 Å². The lowest BCUT2D eigenvalue weighted by atomic mass is 9.98. The summed E-state index contributed by atoms with van der Waals surface area (Å²) in [6, 6.07) is 5.46. The molecule has 1 N–H and O–H groups in total. The van der Waals surface area contributed by atoms with Gasteiger partial charge in [0.05, 0.1) is 0 Å². The molecule has 86 valence electrons. The quantitative estimate of drug-likeness (QED) is 0.815. The number of aliphatic hydroxyl groups is 1. The molecule has 0 aliphatic carbocycles. The Kier molecular flexibility index (Phi) is 2.68. The lowest BCUT2D eigenvalue weighted by molar-refractivity contribution is -0.142. The second kappa shape index (κ2) is 3.75. The molecule has 0 saturated carbocycles. The normalized spacial score (nSPS) is 25.2. The van der Waals surface area contributed by atoms with E-state index in [-0.39, 0.29) is 5.91 Å². The molecule has 1 atom stereocenters. The number of amides is 1. The Labute approximate surface area is 99.6 Å². The first-order valence-corrected chi connectivity index (χ1v) is 5.58. The van der Waals surface area contributed by atoms with Crippen molar-refractivity contribution in [3.63, 3.8) is 0 Å². The van der Waals surface area contributed by atoms with Gasteiger partial charge in [0.2, 0.25) is 5.91 Å². The lowest BCUT2D eigenvalue weighted by Gasteiger charge is -2.31. The number of hydrogen-bond donors (Lipinski definition) is 1. The SMILES string of the molecule is Cc1ccc(Cl)c(C2(O)CCC(=O)N2C)c1. The van der Waals surface area contributed by atoms with E-state index in [9.17, 15) is 9.90 Å². The first-order valence-electron chi connectivity index (χ1n) is 5.21. The highest BCUT2D eigenvalue weighted by molar-refractivity contribution is 6.31. The van der Waals surface area contributed by atoms with Crippen molar-refractivity contribution in [2.45, 2.75) is 25.5 Å². The van der Waals surface area contributed by atoms with E-state index in [2.05, 4.69) is 0 Å². The van der Waals surface area contributed by atoms with Crippen molar-refractivity contribution < 1.29 is 9.90 Å². The molecule has 1 aromatic carbocycles. The Hall–Kier alpha value is -1.06. The molecule has 1 heterocycles. The largest absolute Gasteiger partial charge is 0.367 e. The first-order chi connectivity index (χ1) is 7.45. The number of benzene rings is 1. The summed E-state index contributed by atoms with van der Waals surface area (Å²) >= 11 is 6.08. The Balaban J connectivity index is 2.51. The molecule has 1 aromatic rings. The third kappa shape index (κ3) is 1.60. The van der Waals surface area contributed by atoms with E-state index in [1.807, 2.05) is 19.1 Å². The molecule has 4 heteroatoms. The molecule has 1 unspecified atom stereocenters. The standard InChI is InChI=1S/C12H14ClNO2/c1-8-3-4-10(13)9(7-8)12(16)6-5-11(15)14(12)2/h3-4,7,16H,5-6H2,1-2H3. The summed E-state index contributed by atoms with van der Waals surface area (Å²) in [5, 5.41) is 11.0. The van der Waals surface area contributed by atoms with E-state index < -0.39 is 5.72 Å². The molecule has 0 aromatic heterocycles. The number of halogens is 1. The van der Waals surface area contributed by atoms with E-state index >= 15 is 0 Å². The summed E-state index contributed by atoms with van der Waals surface area (Å²) in [5.74, 6) is -0.0555. The van der Waals surface area contributed by atoms with Crippen molar-refractivity contribution >= 4 is 17.5 Å². The van der Waals surface area contributed by atoms with Crippen LogP contribution in [-0.4, -0.2) is 23.0 Å². The average Bonchev–Trinajstić information content (AvgIpc) is 2.51. The van der Waals surface area contributed by atoms with Gasteiger partial charge in [-0.2, -0.15) is 0 Å². The molecular formula is C12H14ClNO2. The van der Waals surface area contributed by atoms with Gasteiger partial charge < -0.3 is 10.0 Å². The third-order valence-electron chi connectivity index (χ3n) is 3.17. The van der Waals surface area contributed by atoms with Crippen LogP contribution < -0.4 is 0 Å². The van der Waals surface area contributed by atoms with Gasteiger partial charge in [0.25, 0.3) is 0 Å². The van der Waals surface area contributed by atoms with Crippen molar-refractivity contribution in [1.82, 2.24) is 4.90 Å². The second-order valence-electron chi connectivity index (χ2n) is 4.25. The van der Waals surface area contributed by atoms with Gasteiger partial charge in [0, 0.05) is 30.5 Å². The molecule has 1 amide bonds. The number of carbonyl (C=O) groups is 1. The summed E-state index contributed by atoms with van der Waals surface area (Å²) < 4.78 is 0. The number of likely N-dealkylation sites (tertiary alicyclic amines) is 1. The van der Waals surface area contributed by atoms with E-state index in [0.717, 1.165) is 5.56 Å². The molecule has 1 fully saturated rings. The molecule has 3 nitrogen and oxygen atoms in total. The smallest absolute Gasteiger partial charge is 0.225 e. The third-order valence-corrected chi connectivity index (χ3v) is 3.50. The van der Waals surface area contributed by atoms with E-state index in [1.54, 1.807) is 13.1 Å². The minimum Gasteiger partial charge on any atom is -0.367 e. The van der Waals surface area contributed by atoms with Crippen molar-refractivity contribution in [3.8, 4) is 0 Å². The lowest BCUT2D eigenvalue weighted by Crippen LogP contribution is -2.40. The van der Waals surface area contributed by atoms with Gasteiger partial charge in [-0.05, 0) is 19.1 Å². The van der Waals surface area contributed by atoms with Gasteiger partial charge in [-0.3, -0.25) is 4.79 Å². The molecular weight excluding hydrogens is 226 g/mol. The number of nitrogens with zero attached hydrogens (tertiary/aromatic N) is 1. The molecule has 1 saturated heterocycles. The molecule has 16 heavy (non-hydrogen) atoms. The minimum atomic E-state index is -1.25. The van der Waals surface area contributed by atoms with Crippen molar-refractivity contribution in [1.29, 1.82) is 0 Å². The van der Waals surface area contributed by atoms with Gasteiger partial charge >= 0.3 is 0 Å². The van der Waals surface area contributed by atoms with Crippen LogP contribution >= 0.6 is 11.6 Å². The summed E-state index contributed by atoms with van der Waals surface area (Å²) in [6.07, 6.45) is 0.753. The monoisotopic (exact) mass is 239 g/mol. The van der Waals surface area contributed by atoms with Crippen LogP contribution in [0, 0.1) is 6.92 Å². The number of rotatable bonds is 1. The van der Waals surface area contributed by atoms with Gasteiger partial charge in [-0.15, -0.1) is 0 Å². The fourth-order valence-electron chi connectivity index (χ4n) is 2.08. The summed E-state index contributed by atoms with van der Waals surface area (Å²) in [4.78, 5) is 12.9. The van der Waals surface area contributed by atoms with Gasteiger partial charge in [-0.1, -0.05) is 23.2 Å². The summed E-state index contributed by atoms with van der Waals surface area (Å²) in [7, 11) is 1.61. The Morgan fingerprint density at radius 1 is 1.50 bits per heavy atom. The molecule has 1 aliphatic heterocycles. The molecule has 1 aliphatic rings. The van der Waals surface area contributed by atoms with Gasteiger partial charge in [0.1, 0.15) is 0 Å². The van der Waals surface area contributed by atoms with Crippen LogP contribution in [0.5, 0.6) is 0 Å². The van der Waals surface area contributed by atoms with E-state index in [1.165, 1.54) is 4.90 Å². The van der Waals surface area contributed by atoms with Crippen LogP contribution in [0.3, 0.4) is 0 Å². The van der Waals surface area contributed by atoms with Crippen LogP contribution in [-0.2, 0) is 10.5 Å². The highest BCUT2D eigenvalue weighted by Crippen LogP contribution is 2.39. The first kappa shape index (κ1) is 11.4. The van der Waals surface area contributed by atoms with Crippen molar-refractivity contribution in [3.05, 3.63) is 34.3 Å². The van der Waals surface area contributed by atoms with Crippen LogP contribution in [0.15, 0.2) is 18.2 Å². The van der Waals surface area contributed by atoms with Crippen molar-refractivity contribution in [2.24, 2.45) is 0 Å². The number of carbonyl (C=O) groups excluding carboxylic acids is 1. The molecule has 2 rings (SSSR count).